The molecule has 1 unspecified atom stereocenters. The summed E-state index contributed by atoms with van der Waals surface area (Å²) in [6.07, 6.45) is 0.837. The number of hydrogen-bond donors (Lipinski definition) is 0. The number of aryl methyl sites for hydroxylation is 1. The molecular weight excluding hydrogens is 224 g/mol. The molecule has 0 spiro atoms. The van der Waals surface area contributed by atoms with Crippen molar-refractivity contribution in [3.8, 4) is 5.75 Å². The summed E-state index contributed by atoms with van der Waals surface area (Å²) < 4.78 is 5.40. The van der Waals surface area contributed by atoms with Gasteiger partial charge in [-0.3, -0.25) is 4.79 Å². The first-order chi connectivity index (χ1) is 7.54. The average Bonchev–Trinajstić information content (AvgIpc) is 2.26. The van der Waals surface area contributed by atoms with Crippen LogP contribution in [0.25, 0.3) is 0 Å². The number of ketones is 1. The Morgan fingerprint density at radius 1 is 1.50 bits per heavy atom. The van der Waals surface area contributed by atoms with E-state index >= 15 is 0 Å². The van der Waals surface area contributed by atoms with E-state index < -0.39 is 0 Å². The van der Waals surface area contributed by atoms with Crippen molar-refractivity contribution in [3.63, 3.8) is 0 Å². The highest BCUT2D eigenvalue weighted by Gasteiger charge is 2.12. The zero-order valence-electron chi connectivity index (χ0n) is 9.92. The highest BCUT2D eigenvalue weighted by molar-refractivity contribution is 6.32. The number of ether oxygens (including phenoxy) is 1. The maximum atomic E-state index is 11.6. The van der Waals surface area contributed by atoms with Crippen LogP contribution < -0.4 is 4.74 Å². The summed E-state index contributed by atoms with van der Waals surface area (Å²) in [6, 6.07) is 5.53. The quantitative estimate of drug-likeness (QED) is 0.786. The van der Waals surface area contributed by atoms with Crippen molar-refractivity contribution in [1.29, 1.82) is 0 Å². The first kappa shape index (κ1) is 13.0. The Balaban J connectivity index is 2.58. The Morgan fingerprint density at radius 2 is 2.19 bits per heavy atom. The fourth-order valence-corrected chi connectivity index (χ4v) is 1.53. The van der Waals surface area contributed by atoms with E-state index in [0.717, 1.165) is 12.0 Å². The van der Waals surface area contributed by atoms with Gasteiger partial charge in [-0.25, -0.2) is 0 Å². The van der Waals surface area contributed by atoms with Gasteiger partial charge in [-0.1, -0.05) is 31.5 Å². The highest BCUT2D eigenvalue weighted by atomic mass is 35.5. The fraction of sp³-hybridized carbons (Fsp3) is 0.462. The minimum absolute atomic E-state index is 0.0456. The van der Waals surface area contributed by atoms with Crippen molar-refractivity contribution in [2.45, 2.75) is 27.2 Å². The molecule has 3 heteroatoms. The molecule has 2 nitrogen and oxygen atoms in total. The summed E-state index contributed by atoms with van der Waals surface area (Å²) in [5, 5.41) is 0.553. The van der Waals surface area contributed by atoms with Gasteiger partial charge in [0, 0.05) is 5.92 Å². The van der Waals surface area contributed by atoms with Gasteiger partial charge < -0.3 is 4.74 Å². The smallest absolute Gasteiger partial charge is 0.172 e. The Bertz CT molecular complexity index is 374. The zero-order valence-corrected chi connectivity index (χ0v) is 10.7. The van der Waals surface area contributed by atoms with Crippen LogP contribution in [0.15, 0.2) is 18.2 Å². The molecule has 0 N–H and O–H groups in total. The normalized spacial score (nSPS) is 12.2. The van der Waals surface area contributed by atoms with Gasteiger partial charge in [0.1, 0.15) is 12.4 Å². The van der Waals surface area contributed by atoms with Crippen LogP contribution in [-0.4, -0.2) is 12.4 Å². The molecule has 0 aliphatic rings. The summed E-state index contributed by atoms with van der Waals surface area (Å²) >= 11 is 5.99. The summed E-state index contributed by atoms with van der Waals surface area (Å²) in [5.41, 5.74) is 1.07. The molecule has 0 amide bonds. The topological polar surface area (TPSA) is 26.3 Å². The molecule has 88 valence electrons. The third kappa shape index (κ3) is 3.53. The Labute approximate surface area is 102 Å². The van der Waals surface area contributed by atoms with Crippen LogP contribution in [0.3, 0.4) is 0 Å². The maximum absolute atomic E-state index is 11.6. The molecule has 1 aromatic carbocycles. The van der Waals surface area contributed by atoms with E-state index in [1.807, 2.05) is 32.9 Å². The van der Waals surface area contributed by atoms with Crippen LogP contribution in [0.4, 0.5) is 0 Å². The fourth-order valence-electron chi connectivity index (χ4n) is 1.24. The second-order valence-electron chi connectivity index (χ2n) is 4.00. The molecule has 0 aliphatic heterocycles. The van der Waals surface area contributed by atoms with Crippen molar-refractivity contribution in [1.82, 2.24) is 0 Å². The first-order valence-corrected chi connectivity index (χ1v) is 5.84. The second-order valence-corrected chi connectivity index (χ2v) is 4.41. The Morgan fingerprint density at radius 3 is 2.75 bits per heavy atom. The van der Waals surface area contributed by atoms with Gasteiger partial charge in [0.05, 0.1) is 5.02 Å². The number of halogens is 1. The molecule has 0 saturated carbocycles. The van der Waals surface area contributed by atoms with Crippen molar-refractivity contribution in [3.05, 3.63) is 28.8 Å². The molecular formula is C13H17ClO2. The summed E-state index contributed by atoms with van der Waals surface area (Å²) in [4.78, 5) is 11.6. The van der Waals surface area contributed by atoms with Crippen molar-refractivity contribution in [2.24, 2.45) is 5.92 Å². The molecule has 0 heterocycles. The second kappa shape index (κ2) is 5.90. The lowest BCUT2D eigenvalue weighted by Crippen LogP contribution is -2.18. The van der Waals surface area contributed by atoms with E-state index in [0.29, 0.717) is 10.8 Å². The predicted octanol–water partition coefficient (Wildman–Crippen LogP) is 3.64. The molecule has 1 rings (SSSR count). The Hall–Kier alpha value is -1.02. The van der Waals surface area contributed by atoms with Gasteiger partial charge >= 0.3 is 0 Å². The number of rotatable bonds is 5. The minimum Gasteiger partial charge on any atom is -0.484 e. The van der Waals surface area contributed by atoms with Crippen LogP contribution in [0, 0.1) is 12.8 Å². The number of hydrogen-bond acceptors (Lipinski definition) is 2. The monoisotopic (exact) mass is 240 g/mol. The SMILES string of the molecule is CCC(C)C(=O)COc1ccc(C)cc1Cl. The maximum Gasteiger partial charge on any atom is 0.172 e. The summed E-state index contributed by atoms with van der Waals surface area (Å²) in [6.45, 7) is 5.95. The Kier molecular flexibility index (Phi) is 4.81. The van der Waals surface area contributed by atoms with E-state index in [2.05, 4.69) is 0 Å². The third-order valence-electron chi connectivity index (χ3n) is 2.62. The van der Waals surface area contributed by atoms with Crippen LogP contribution in [-0.2, 0) is 4.79 Å². The number of Topliss-reactive ketones (excluding diaryl/α,β-unsaturated/α-hetero) is 1. The highest BCUT2D eigenvalue weighted by Crippen LogP contribution is 2.25. The largest absolute Gasteiger partial charge is 0.484 e. The summed E-state index contributed by atoms with van der Waals surface area (Å²) in [5.74, 6) is 0.729. The van der Waals surface area contributed by atoms with E-state index in [-0.39, 0.29) is 18.3 Å². The van der Waals surface area contributed by atoms with Crippen LogP contribution >= 0.6 is 11.6 Å². The molecule has 1 aromatic rings. The van der Waals surface area contributed by atoms with Gasteiger partial charge in [0.15, 0.2) is 5.78 Å². The average molecular weight is 241 g/mol. The minimum atomic E-state index is 0.0456. The lowest BCUT2D eigenvalue weighted by atomic mass is 10.0. The molecule has 0 fully saturated rings. The number of carbonyl (C=O) groups is 1. The predicted molar refractivity (Wildman–Crippen MR) is 66.1 cm³/mol. The van der Waals surface area contributed by atoms with Gasteiger partial charge in [0.25, 0.3) is 0 Å². The molecule has 0 saturated heterocycles. The van der Waals surface area contributed by atoms with E-state index in [1.165, 1.54) is 0 Å². The first-order valence-electron chi connectivity index (χ1n) is 5.46. The lowest BCUT2D eigenvalue weighted by molar-refractivity contribution is -0.124. The molecule has 0 bridgehead atoms. The van der Waals surface area contributed by atoms with E-state index in [4.69, 9.17) is 16.3 Å². The molecule has 0 aliphatic carbocycles. The van der Waals surface area contributed by atoms with Crippen molar-refractivity contribution < 1.29 is 9.53 Å². The van der Waals surface area contributed by atoms with Gasteiger partial charge in [-0.05, 0) is 31.0 Å². The van der Waals surface area contributed by atoms with Gasteiger partial charge in [-0.15, -0.1) is 0 Å². The van der Waals surface area contributed by atoms with Gasteiger partial charge in [-0.2, -0.15) is 0 Å². The lowest BCUT2D eigenvalue weighted by Gasteiger charge is -2.10. The van der Waals surface area contributed by atoms with Gasteiger partial charge in [0.2, 0.25) is 0 Å². The molecule has 0 radical (unpaired) electrons. The standard InChI is InChI=1S/C13H17ClO2/c1-4-10(3)12(15)8-16-13-6-5-9(2)7-11(13)14/h5-7,10H,4,8H2,1-3H3. The zero-order chi connectivity index (χ0) is 12.1. The molecule has 1 atom stereocenters. The van der Waals surface area contributed by atoms with E-state index in [1.54, 1.807) is 6.07 Å². The molecule has 16 heavy (non-hydrogen) atoms. The van der Waals surface area contributed by atoms with Crippen LogP contribution in [0.1, 0.15) is 25.8 Å². The number of carbonyl (C=O) groups excluding carboxylic acids is 1. The third-order valence-corrected chi connectivity index (χ3v) is 2.91. The summed E-state index contributed by atoms with van der Waals surface area (Å²) in [7, 11) is 0. The van der Waals surface area contributed by atoms with E-state index in [9.17, 15) is 4.79 Å². The molecule has 0 aromatic heterocycles. The van der Waals surface area contributed by atoms with Crippen LogP contribution in [0.5, 0.6) is 5.75 Å². The van der Waals surface area contributed by atoms with Crippen molar-refractivity contribution >= 4 is 17.4 Å². The van der Waals surface area contributed by atoms with Crippen molar-refractivity contribution in [2.75, 3.05) is 6.61 Å². The number of benzene rings is 1. The van der Waals surface area contributed by atoms with Crippen LogP contribution in [0.2, 0.25) is 5.02 Å².